The van der Waals surface area contributed by atoms with Crippen molar-refractivity contribution in [3.8, 4) is 0 Å². The Labute approximate surface area is 165 Å². The van der Waals surface area contributed by atoms with Gasteiger partial charge in [0.05, 0.1) is 23.3 Å². The van der Waals surface area contributed by atoms with Crippen molar-refractivity contribution in [3.05, 3.63) is 12.0 Å². The number of hydrogen-bond acceptors (Lipinski definition) is 7. The summed E-state index contributed by atoms with van der Waals surface area (Å²) in [6, 6.07) is 0. The highest BCUT2D eigenvalue weighted by Gasteiger charge is 2.63. The van der Waals surface area contributed by atoms with E-state index in [1.165, 1.54) is 0 Å². The quantitative estimate of drug-likeness (QED) is 0.792. The van der Waals surface area contributed by atoms with E-state index in [0.29, 0.717) is 17.9 Å². The zero-order valence-corrected chi connectivity index (χ0v) is 17.0. The zero-order valence-electron chi connectivity index (χ0n) is 17.0. The third kappa shape index (κ3) is 2.73. The van der Waals surface area contributed by atoms with E-state index in [-0.39, 0.29) is 12.2 Å². The monoisotopic (exact) mass is 386 g/mol. The number of aryl methyl sites for hydroxylation is 2. The van der Waals surface area contributed by atoms with Crippen molar-refractivity contribution in [2.45, 2.75) is 37.9 Å². The van der Waals surface area contributed by atoms with Crippen molar-refractivity contribution in [1.29, 1.82) is 0 Å². The van der Waals surface area contributed by atoms with Gasteiger partial charge >= 0.3 is 0 Å². The van der Waals surface area contributed by atoms with Crippen LogP contribution in [-0.4, -0.2) is 81.3 Å². The van der Waals surface area contributed by atoms with Gasteiger partial charge in [-0.25, -0.2) is 9.97 Å². The molecule has 0 amide bonds. The minimum absolute atomic E-state index is 0.0272. The summed E-state index contributed by atoms with van der Waals surface area (Å²) in [5.74, 6) is 2.87. The van der Waals surface area contributed by atoms with Crippen molar-refractivity contribution < 1.29 is 9.84 Å². The molecule has 8 nitrogen and oxygen atoms in total. The molecule has 28 heavy (non-hydrogen) atoms. The molecular weight excluding hydrogens is 356 g/mol. The van der Waals surface area contributed by atoms with E-state index in [4.69, 9.17) is 14.8 Å². The number of hydrogen-bond donors (Lipinski definition) is 1. The molecule has 5 rings (SSSR count). The van der Waals surface area contributed by atoms with Crippen molar-refractivity contribution in [2.75, 3.05) is 44.7 Å². The molecule has 3 aliphatic rings. The third-order valence-corrected chi connectivity index (χ3v) is 6.99. The predicted molar refractivity (Wildman–Crippen MR) is 106 cm³/mol. The summed E-state index contributed by atoms with van der Waals surface area (Å²) in [5, 5.41) is 14.5. The molecule has 3 aliphatic heterocycles. The summed E-state index contributed by atoms with van der Waals surface area (Å²) in [6.45, 7) is 6.07. The molecule has 0 saturated carbocycles. The summed E-state index contributed by atoms with van der Waals surface area (Å²) >= 11 is 0. The topological polar surface area (TPSA) is 79.5 Å². The molecule has 1 N–H and O–H groups in total. The van der Waals surface area contributed by atoms with Gasteiger partial charge in [-0.3, -0.25) is 4.68 Å². The Morgan fingerprint density at radius 1 is 1.39 bits per heavy atom. The van der Waals surface area contributed by atoms with Crippen LogP contribution >= 0.6 is 0 Å². The molecule has 0 radical (unpaired) electrons. The van der Waals surface area contributed by atoms with Crippen LogP contribution in [0, 0.1) is 18.8 Å². The first-order valence-corrected chi connectivity index (χ1v) is 10.4. The molecule has 2 aromatic rings. The Bertz CT molecular complexity index is 885. The molecule has 0 aliphatic carbocycles. The highest BCUT2D eigenvalue weighted by atomic mass is 16.5. The Morgan fingerprint density at radius 2 is 2.25 bits per heavy atom. The van der Waals surface area contributed by atoms with Gasteiger partial charge in [0.25, 0.3) is 0 Å². The Kier molecular flexibility index (Phi) is 4.33. The number of aliphatic hydroxyl groups is 1. The maximum atomic E-state index is 9.12. The molecular formula is C20H30N6O2. The maximum Gasteiger partial charge on any atom is 0.163 e. The molecule has 0 aromatic carbocycles. The number of ether oxygens (including phenoxy) is 1. The van der Waals surface area contributed by atoms with Gasteiger partial charge in [0.15, 0.2) is 5.65 Å². The third-order valence-electron chi connectivity index (χ3n) is 6.99. The highest BCUT2D eigenvalue weighted by Crippen LogP contribution is 2.55. The summed E-state index contributed by atoms with van der Waals surface area (Å²) in [7, 11) is 4.09. The fourth-order valence-electron chi connectivity index (χ4n) is 5.74. The van der Waals surface area contributed by atoms with E-state index in [0.717, 1.165) is 68.1 Å². The fourth-order valence-corrected chi connectivity index (χ4v) is 5.74. The van der Waals surface area contributed by atoms with Crippen LogP contribution in [0.5, 0.6) is 0 Å². The molecule has 3 saturated heterocycles. The fraction of sp³-hybridized carbons (Fsp3) is 0.750. The molecule has 152 valence electrons. The molecule has 1 spiro atoms. The first-order valence-electron chi connectivity index (χ1n) is 10.4. The minimum Gasteiger partial charge on any atom is -0.396 e. The predicted octanol–water partition coefficient (Wildman–Crippen LogP) is 0.970. The first-order chi connectivity index (χ1) is 13.5. The lowest BCUT2D eigenvalue weighted by Crippen LogP contribution is -2.41. The number of aliphatic hydroxyl groups excluding tert-OH is 1. The second kappa shape index (κ2) is 6.64. The van der Waals surface area contributed by atoms with Crippen LogP contribution in [0.2, 0.25) is 0 Å². The van der Waals surface area contributed by atoms with Crippen LogP contribution < -0.4 is 4.90 Å². The van der Waals surface area contributed by atoms with Crippen molar-refractivity contribution in [3.63, 3.8) is 0 Å². The van der Waals surface area contributed by atoms with Gasteiger partial charge in [-0.05, 0) is 33.2 Å². The summed E-state index contributed by atoms with van der Waals surface area (Å²) in [6.07, 6.45) is 5.41. The van der Waals surface area contributed by atoms with Crippen LogP contribution in [0.25, 0.3) is 11.0 Å². The first kappa shape index (κ1) is 18.3. The van der Waals surface area contributed by atoms with Gasteiger partial charge in [-0.2, -0.15) is 5.10 Å². The van der Waals surface area contributed by atoms with Crippen LogP contribution in [0.3, 0.4) is 0 Å². The Morgan fingerprint density at radius 3 is 3.07 bits per heavy atom. The molecule has 5 heterocycles. The molecule has 3 fully saturated rings. The van der Waals surface area contributed by atoms with E-state index in [9.17, 15) is 0 Å². The van der Waals surface area contributed by atoms with E-state index in [1.807, 2.05) is 24.9 Å². The van der Waals surface area contributed by atoms with E-state index >= 15 is 0 Å². The van der Waals surface area contributed by atoms with Crippen LogP contribution in [0.4, 0.5) is 5.82 Å². The number of rotatable bonds is 6. The average molecular weight is 387 g/mol. The van der Waals surface area contributed by atoms with Gasteiger partial charge in [-0.1, -0.05) is 0 Å². The number of anilines is 1. The van der Waals surface area contributed by atoms with Gasteiger partial charge < -0.3 is 19.6 Å². The highest BCUT2D eigenvalue weighted by molar-refractivity contribution is 5.87. The summed E-state index contributed by atoms with van der Waals surface area (Å²) in [4.78, 5) is 14.1. The molecule has 4 atom stereocenters. The van der Waals surface area contributed by atoms with Crippen molar-refractivity contribution >= 4 is 16.9 Å². The summed E-state index contributed by atoms with van der Waals surface area (Å²) < 4.78 is 8.44. The smallest absolute Gasteiger partial charge is 0.163 e. The molecule has 0 unspecified atom stereocenters. The average Bonchev–Trinajstić information content (AvgIpc) is 3.41. The van der Waals surface area contributed by atoms with Crippen molar-refractivity contribution in [2.24, 2.45) is 18.9 Å². The van der Waals surface area contributed by atoms with Gasteiger partial charge in [0, 0.05) is 51.7 Å². The normalized spacial score (nSPS) is 31.5. The second-order valence-corrected chi connectivity index (χ2v) is 8.85. The largest absolute Gasteiger partial charge is 0.396 e. The second-order valence-electron chi connectivity index (χ2n) is 8.85. The van der Waals surface area contributed by atoms with Crippen LogP contribution in [0.1, 0.15) is 25.1 Å². The van der Waals surface area contributed by atoms with Gasteiger partial charge in [0.1, 0.15) is 11.6 Å². The van der Waals surface area contributed by atoms with Crippen molar-refractivity contribution in [1.82, 2.24) is 24.6 Å². The van der Waals surface area contributed by atoms with E-state index in [2.05, 4.69) is 26.9 Å². The number of aromatic nitrogens is 4. The van der Waals surface area contributed by atoms with Crippen LogP contribution in [-0.2, 0) is 11.8 Å². The maximum absolute atomic E-state index is 9.12. The Balaban J connectivity index is 1.41. The molecule has 2 bridgehead atoms. The van der Waals surface area contributed by atoms with Gasteiger partial charge in [0.2, 0.25) is 0 Å². The summed E-state index contributed by atoms with van der Waals surface area (Å²) in [5.41, 5.74) is 0.864. The molecule has 8 heteroatoms. The zero-order chi connectivity index (χ0) is 19.5. The van der Waals surface area contributed by atoms with E-state index < -0.39 is 0 Å². The van der Waals surface area contributed by atoms with Gasteiger partial charge in [-0.15, -0.1) is 0 Å². The van der Waals surface area contributed by atoms with E-state index in [1.54, 1.807) is 0 Å². The lowest BCUT2D eigenvalue weighted by Gasteiger charge is -2.32. The Hall–Kier alpha value is -1.77. The van der Waals surface area contributed by atoms with Crippen LogP contribution in [0.15, 0.2) is 6.20 Å². The minimum atomic E-state index is -0.0272. The lowest BCUT2D eigenvalue weighted by atomic mass is 9.73. The number of nitrogens with zero attached hydrogens (tertiary/aromatic N) is 6. The standard InChI is InChI=1S/C20H30N6O2/c1-13-22-18-14(9-21-25(18)3)19(23-13)26-11-16-15(10-24(2)7-4-8-27)17-5-6-20(16,12-26)28-17/h9,15-17,27H,4-8,10-12H2,1-3H3/t15-,16+,17+,20+/m0/s1. The SMILES string of the molecule is Cc1nc(N2C[C@@H]3[C@H](CN(C)CCCO)[C@H]4CC[C@]3(C2)O4)c2cnn(C)c2n1. The number of fused-ring (bicyclic) bond motifs is 2. The lowest BCUT2D eigenvalue weighted by molar-refractivity contribution is 0.0135. The molecule has 2 aromatic heterocycles.